The summed E-state index contributed by atoms with van der Waals surface area (Å²) in [4.78, 5) is 13.9. The molecule has 0 fully saturated rings. The smallest absolute Gasteiger partial charge is 0.238 e. The maximum atomic E-state index is 12.0. The molecule has 1 rings (SSSR count). The molecule has 0 aliphatic heterocycles. The quantitative estimate of drug-likeness (QED) is 0.631. The number of aliphatic hydroxyl groups is 2. The third-order valence-corrected chi connectivity index (χ3v) is 2.93. The predicted molar refractivity (Wildman–Crippen MR) is 79.7 cm³/mol. The fourth-order valence-electron chi connectivity index (χ4n) is 1.98. The van der Waals surface area contributed by atoms with Crippen LogP contribution in [0.3, 0.4) is 0 Å². The van der Waals surface area contributed by atoms with Crippen LogP contribution in [0.4, 0.5) is 5.69 Å². The number of aliphatic hydroxyl groups excluding tert-OH is 2. The maximum absolute atomic E-state index is 12.0. The van der Waals surface area contributed by atoms with Crippen molar-refractivity contribution in [3.05, 3.63) is 29.8 Å². The molecule has 0 aliphatic carbocycles. The van der Waals surface area contributed by atoms with Crippen LogP contribution in [0.1, 0.15) is 18.4 Å². The number of carbonyl (C=O) groups is 1. The molecule has 20 heavy (non-hydrogen) atoms. The molecule has 0 atom stereocenters. The minimum Gasteiger partial charge on any atom is -0.396 e. The molecule has 3 N–H and O–H groups in total. The van der Waals surface area contributed by atoms with Crippen LogP contribution >= 0.6 is 0 Å². The molecule has 0 aromatic heterocycles. The summed E-state index contributed by atoms with van der Waals surface area (Å²) in [5, 5.41) is 20.6. The highest BCUT2D eigenvalue weighted by molar-refractivity contribution is 5.92. The molecule has 0 bridgehead atoms. The molecule has 112 valence electrons. The van der Waals surface area contributed by atoms with Gasteiger partial charge in [-0.15, -0.1) is 0 Å². The number of rotatable bonds is 9. The molecule has 0 aliphatic rings. The standard InChI is InChI=1S/C15H24N2O3/c1-13-5-2-6-14(11-13)16-15(20)12-17(7-3-9-18)8-4-10-19/h2,5-6,11,18-19H,3-4,7-10,12H2,1H3,(H,16,20). The Kier molecular flexibility index (Phi) is 7.87. The Labute approximate surface area is 120 Å². The van der Waals surface area contributed by atoms with E-state index in [0.717, 1.165) is 11.3 Å². The van der Waals surface area contributed by atoms with E-state index in [4.69, 9.17) is 10.2 Å². The van der Waals surface area contributed by atoms with Crippen LogP contribution in [0, 0.1) is 6.92 Å². The van der Waals surface area contributed by atoms with E-state index in [9.17, 15) is 4.79 Å². The Bertz CT molecular complexity index is 402. The summed E-state index contributed by atoms with van der Waals surface area (Å²) in [5.74, 6) is -0.0773. The van der Waals surface area contributed by atoms with Gasteiger partial charge in [-0.25, -0.2) is 0 Å². The van der Waals surface area contributed by atoms with E-state index in [1.807, 2.05) is 36.1 Å². The van der Waals surface area contributed by atoms with Crippen LogP contribution in [-0.4, -0.2) is 53.9 Å². The molecule has 1 amide bonds. The molecule has 5 nitrogen and oxygen atoms in total. The number of nitrogens with one attached hydrogen (secondary N) is 1. The van der Waals surface area contributed by atoms with Gasteiger partial charge in [0.1, 0.15) is 0 Å². The zero-order valence-electron chi connectivity index (χ0n) is 12.0. The first-order valence-corrected chi connectivity index (χ1v) is 6.96. The molecule has 0 radical (unpaired) electrons. The van der Waals surface area contributed by atoms with E-state index in [1.165, 1.54) is 0 Å². The highest BCUT2D eigenvalue weighted by atomic mass is 16.3. The van der Waals surface area contributed by atoms with Gasteiger partial charge < -0.3 is 15.5 Å². The average molecular weight is 280 g/mol. The predicted octanol–water partition coefficient (Wildman–Crippen LogP) is 1.00. The summed E-state index contributed by atoms with van der Waals surface area (Å²) >= 11 is 0. The van der Waals surface area contributed by atoms with Crippen molar-refractivity contribution in [2.45, 2.75) is 19.8 Å². The average Bonchev–Trinajstić information content (AvgIpc) is 2.41. The van der Waals surface area contributed by atoms with Crippen LogP contribution < -0.4 is 5.32 Å². The SMILES string of the molecule is Cc1cccc(NC(=O)CN(CCCO)CCCO)c1. The van der Waals surface area contributed by atoms with Crippen molar-refractivity contribution in [3.63, 3.8) is 0 Å². The van der Waals surface area contributed by atoms with Crippen molar-refractivity contribution < 1.29 is 15.0 Å². The summed E-state index contributed by atoms with van der Waals surface area (Å²) < 4.78 is 0. The highest BCUT2D eigenvalue weighted by Gasteiger charge is 2.10. The number of benzene rings is 1. The maximum Gasteiger partial charge on any atom is 0.238 e. The van der Waals surface area contributed by atoms with Gasteiger partial charge in [0.15, 0.2) is 0 Å². The summed E-state index contributed by atoms with van der Waals surface area (Å²) in [7, 11) is 0. The second kappa shape index (κ2) is 9.47. The van der Waals surface area contributed by atoms with Gasteiger partial charge in [-0.2, -0.15) is 0 Å². The van der Waals surface area contributed by atoms with E-state index >= 15 is 0 Å². The number of carbonyl (C=O) groups excluding carboxylic acids is 1. The minimum absolute atomic E-state index is 0.0773. The first-order valence-electron chi connectivity index (χ1n) is 6.96. The van der Waals surface area contributed by atoms with Crippen LogP contribution in [0.5, 0.6) is 0 Å². The van der Waals surface area contributed by atoms with Crippen molar-refractivity contribution >= 4 is 11.6 Å². The van der Waals surface area contributed by atoms with Gasteiger partial charge in [-0.1, -0.05) is 12.1 Å². The summed E-state index contributed by atoms with van der Waals surface area (Å²) in [6.45, 7) is 3.76. The first kappa shape index (κ1) is 16.6. The van der Waals surface area contributed by atoms with Crippen molar-refractivity contribution in [1.82, 2.24) is 4.90 Å². The Morgan fingerprint density at radius 2 is 1.85 bits per heavy atom. The van der Waals surface area contributed by atoms with Gasteiger partial charge >= 0.3 is 0 Å². The van der Waals surface area contributed by atoms with Crippen molar-refractivity contribution in [1.29, 1.82) is 0 Å². The Hall–Kier alpha value is -1.43. The Balaban J connectivity index is 2.47. The van der Waals surface area contributed by atoms with Crippen molar-refractivity contribution in [3.8, 4) is 0 Å². The van der Waals surface area contributed by atoms with Gasteiger partial charge in [-0.05, 0) is 37.5 Å². The van der Waals surface area contributed by atoms with E-state index in [-0.39, 0.29) is 25.7 Å². The number of hydrogen-bond acceptors (Lipinski definition) is 4. The largest absolute Gasteiger partial charge is 0.396 e. The lowest BCUT2D eigenvalue weighted by molar-refractivity contribution is -0.117. The van der Waals surface area contributed by atoms with Gasteiger partial charge in [-0.3, -0.25) is 9.69 Å². The van der Waals surface area contributed by atoms with E-state index in [0.29, 0.717) is 25.9 Å². The molecule has 5 heteroatoms. The van der Waals surface area contributed by atoms with Gasteiger partial charge in [0.05, 0.1) is 6.54 Å². The van der Waals surface area contributed by atoms with Gasteiger partial charge in [0.2, 0.25) is 5.91 Å². The van der Waals surface area contributed by atoms with Gasteiger partial charge in [0, 0.05) is 32.0 Å². The third-order valence-electron chi connectivity index (χ3n) is 2.93. The highest BCUT2D eigenvalue weighted by Crippen LogP contribution is 2.09. The zero-order chi connectivity index (χ0) is 14.8. The molecule has 0 saturated heterocycles. The fourth-order valence-corrected chi connectivity index (χ4v) is 1.98. The zero-order valence-corrected chi connectivity index (χ0v) is 12.0. The van der Waals surface area contributed by atoms with E-state index < -0.39 is 0 Å². The number of anilines is 1. The fraction of sp³-hybridized carbons (Fsp3) is 0.533. The van der Waals surface area contributed by atoms with Crippen LogP contribution in [0.25, 0.3) is 0 Å². The number of amides is 1. The molecule has 1 aromatic carbocycles. The lowest BCUT2D eigenvalue weighted by Crippen LogP contribution is -2.35. The number of aryl methyl sites for hydroxylation is 1. The van der Waals surface area contributed by atoms with Crippen LogP contribution in [0.15, 0.2) is 24.3 Å². The first-order chi connectivity index (χ1) is 9.65. The van der Waals surface area contributed by atoms with Gasteiger partial charge in [0.25, 0.3) is 0 Å². The van der Waals surface area contributed by atoms with Crippen molar-refractivity contribution in [2.75, 3.05) is 38.2 Å². The van der Waals surface area contributed by atoms with E-state index in [1.54, 1.807) is 0 Å². The van der Waals surface area contributed by atoms with Crippen LogP contribution in [-0.2, 0) is 4.79 Å². The molecular weight excluding hydrogens is 256 g/mol. The third kappa shape index (κ3) is 6.65. The summed E-state index contributed by atoms with van der Waals surface area (Å²) in [5.41, 5.74) is 1.89. The summed E-state index contributed by atoms with van der Waals surface area (Å²) in [6.07, 6.45) is 1.26. The Morgan fingerprint density at radius 3 is 2.40 bits per heavy atom. The lowest BCUT2D eigenvalue weighted by atomic mass is 10.2. The topological polar surface area (TPSA) is 72.8 Å². The van der Waals surface area contributed by atoms with Crippen molar-refractivity contribution in [2.24, 2.45) is 0 Å². The molecule has 0 heterocycles. The summed E-state index contributed by atoms with van der Waals surface area (Å²) in [6, 6.07) is 7.66. The van der Waals surface area contributed by atoms with E-state index in [2.05, 4.69) is 5.32 Å². The lowest BCUT2D eigenvalue weighted by Gasteiger charge is -2.21. The molecule has 0 saturated carbocycles. The van der Waals surface area contributed by atoms with Crippen LogP contribution in [0.2, 0.25) is 0 Å². The number of hydrogen-bond donors (Lipinski definition) is 3. The Morgan fingerprint density at radius 1 is 1.20 bits per heavy atom. The number of nitrogens with zero attached hydrogens (tertiary/aromatic N) is 1. The second-order valence-corrected chi connectivity index (χ2v) is 4.85. The molecule has 0 unspecified atom stereocenters. The molecule has 0 spiro atoms. The normalized spacial score (nSPS) is 10.8. The minimum atomic E-state index is -0.0773. The molecular formula is C15H24N2O3. The molecule has 1 aromatic rings. The monoisotopic (exact) mass is 280 g/mol. The second-order valence-electron chi connectivity index (χ2n) is 4.85.